The molecule has 36 heavy (non-hydrogen) atoms. The summed E-state index contributed by atoms with van der Waals surface area (Å²) < 4.78 is 31.8. The Hall–Kier alpha value is -3.62. The summed E-state index contributed by atoms with van der Waals surface area (Å²) in [7, 11) is -0.360. The van der Waals surface area contributed by atoms with Crippen molar-refractivity contribution >= 4 is 38.8 Å². The monoisotopic (exact) mass is 506 g/mol. The number of likely N-dealkylation sites (N-methyl/N-ethyl adjacent to an activating group) is 1. The van der Waals surface area contributed by atoms with E-state index < -0.39 is 9.73 Å². The first-order valence-electron chi connectivity index (χ1n) is 11.7. The molecule has 2 aromatic heterocycles. The van der Waals surface area contributed by atoms with E-state index in [-0.39, 0.29) is 23.1 Å². The maximum atomic E-state index is 15.6. The molecular weight excluding hydrogens is 479 g/mol. The minimum Gasteiger partial charge on any atom is -0.324 e. The van der Waals surface area contributed by atoms with Crippen LogP contribution in [0.1, 0.15) is 41.0 Å². The Morgan fingerprint density at radius 2 is 2.11 bits per heavy atom. The van der Waals surface area contributed by atoms with Crippen LogP contribution in [0.4, 0.5) is 33.5 Å². The van der Waals surface area contributed by atoms with Gasteiger partial charge in [0.15, 0.2) is 17.5 Å². The maximum Gasteiger partial charge on any atom is 0.229 e. The lowest BCUT2D eigenvalue weighted by Crippen LogP contribution is -2.34. The standard InChI is InChI=1S/C25H27FN8OS/c1-34-13-16-7-4-6-15-10-19(23(26)18(14-34)22(15)16)29-25-28-12-17(11-27)24(32-25)31-20-8-5-9-21(30-20)33-36(2,3)35/h5,8-10,12,16H,4,6-7,13-14H2,1-3H3,(H2,28,29,30,31,32). The molecule has 5 rings (SSSR count). The quantitative estimate of drug-likeness (QED) is 0.516. The first-order valence-corrected chi connectivity index (χ1v) is 14.0. The van der Waals surface area contributed by atoms with Gasteiger partial charge in [-0.3, -0.25) is 0 Å². The third-order valence-corrected chi connectivity index (χ3v) is 6.93. The van der Waals surface area contributed by atoms with Gasteiger partial charge in [0.2, 0.25) is 5.95 Å². The fourth-order valence-corrected chi connectivity index (χ4v) is 5.51. The zero-order valence-corrected chi connectivity index (χ0v) is 21.2. The Kier molecular flexibility index (Phi) is 6.32. The summed E-state index contributed by atoms with van der Waals surface area (Å²) in [5.74, 6) is 1.14. The van der Waals surface area contributed by atoms with E-state index in [0.29, 0.717) is 29.8 Å². The number of nitriles is 1. The summed E-state index contributed by atoms with van der Waals surface area (Å²) >= 11 is 0. The third-order valence-electron chi connectivity index (χ3n) is 6.31. The first kappa shape index (κ1) is 24.1. The second kappa shape index (κ2) is 9.44. The molecule has 0 saturated carbocycles. The summed E-state index contributed by atoms with van der Waals surface area (Å²) in [4.78, 5) is 15.2. The lowest BCUT2D eigenvalue weighted by atomic mass is 9.77. The zero-order valence-electron chi connectivity index (χ0n) is 20.4. The number of hydrogen-bond donors (Lipinski definition) is 2. The summed E-state index contributed by atoms with van der Waals surface area (Å²) in [6, 6.07) is 8.97. The van der Waals surface area contributed by atoms with Crippen molar-refractivity contribution in [1.29, 1.82) is 5.26 Å². The van der Waals surface area contributed by atoms with Gasteiger partial charge in [0.25, 0.3) is 0 Å². The van der Waals surface area contributed by atoms with Crippen molar-refractivity contribution in [1.82, 2.24) is 19.9 Å². The van der Waals surface area contributed by atoms with Crippen LogP contribution in [-0.2, 0) is 22.7 Å². The second-order valence-electron chi connectivity index (χ2n) is 9.55. The molecule has 0 fully saturated rings. The zero-order chi connectivity index (χ0) is 25.4. The van der Waals surface area contributed by atoms with Crippen molar-refractivity contribution in [2.24, 2.45) is 4.36 Å². The number of nitrogens with one attached hydrogen (secondary N) is 2. The van der Waals surface area contributed by atoms with Crippen molar-refractivity contribution in [3.63, 3.8) is 0 Å². The SMILES string of the molecule is CN1Cc2c(F)c(Nc3ncc(C#N)c(Nc4cccc(N=S(C)(C)=O)n4)n3)cc3c2C(CCC3)C1. The van der Waals surface area contributed by atoms with Crippen molar-refractivity contribution in [2.75, 3.05) is 36.7 Å². The fourth-order valence-electron chi connectivity index (χ4n) is 4.96. The molecule has 11 heteroatoms. The summed E-state index contributed by atoms with van der Waals surface area (Å²) in [6.07, 6.45) is 7.52. The van der Waals surface area contributed by atoms with Crippen LogP contribution in [0.3, 0.4) is 0 Å². The lowest BCUT2D eigenvalue weighted by Gasteiger charge is -2.37. The maximum absolute atomic E-state index is 15.6. The third kappa shape index (κ3) is 5.01. The average molecular weight is 507 g/mol. The number of hydrogen-bond acceptors (Lipinski definition) is 9. The van der Waals surface area contributed by atoms with E-state index in [2.05, 4.69) is 40.9 Å². The number of anilines is 4. The van der Waals surface area contributed by atoms with Crippen LogP contribution < -0.4 is 10.6 Å². The van der Waals surface area contributed by atoms with Crippen molar-refractivity contribution < 1.29 is 8.60 Å². The highest BCUT2D eigenvalue weighted by molar-refractivity contribution is 7.92. The van der Waals surface area contributed by atoms with Gasteiger partial charge in [-0.2, -0.15) is 14.6 Å². The number of aromatic nitrogens is 3. The molecule has 2 N–H and O–H groups in total. The molecule has 3 heterocycles. The molecule has 0 radical (unpaired) electrons. The molecule has 186 valence electrons. The molecule has 0 amide bonds. The van der Waals surface area contributed by atoms with Gasteiger partial charge in [0.1, 0.15) is 17.5 Å². The molecule has 3 aromatic rings. The van der Waals surface area contributed by atoms with Gasteiger partial charge in [-0.25, -0.2) is 18.6 Å². The van der Waals surface area contributed by atoms with E-state index in [4.69, 9.17) is 0 Å². The smallest absolute Gasteiger partial charge is 0.229 e. The Morgan fingerprint density at radius 3 is 2.89 bits per heavy atom. The highest BCUT2D eigenvalue weighted by atomic mass is 32.2. The van der Waals surface area contributed by atoms with E-state index in [1.807, 2.05) is 13.1 Å². The minimum absolute atomic E-state index is 0.157. The van der Waals surface area contributed by atoms with Crippen molar-refractivity contribution in [3.8, 4) is 6.07 Å². The van der Waals surface area contributed by atoms with Crippen LogP contribution in [0.15, 0.2) is 34.8 Å². The molecule has 1 aromatic carbocycles. The average Bonchev–Trinajstić information content (AvgIpc) is 2.81. The van der Waals surface area contributed by atoms with Gasteiger partial charge in [0.05, 0.1) is 11.9 Å². The number of pyridine rings is 1. The molecule has 1 aliphatic carbocycles. The van der Waals surface area contributed by atoms with Crippen LogP contribution in [0.25, 0.3) is 0 Å². The molecule has 1 unspecified atom stereocenters. The Balaban J connectivity index is 1.47. The normalized spacial score (nSPS) is 17.1. The molecule has 1 aliphatic heterocycles. The Bertz CT molecular complexity index is 1500. The molecule has 0 spiro atoms. The minimum atomic E-state index is -2.38. The van der Waals surface area contributed by atoms with E-state index >= 15 is 4.39 Å². The molecule has 1 atom stereocenters. The Morgan fingerprint density at radius 1 is 1.28 bits per heavy atom. The van der Waals surface area contributed by atoms with E-state index in [0.717, 1.165) is 31.4 Å². The number of benzene rings is 1. The largest absolute Gasteiger partial charge is 0.324 e. The Labute approximate surface area is 210 Å². The number of rotatable bonds is 5. The van der Waals surface area contributed by atoms with Crippen LogP contribution in [0, 0.1) is 17.1 Å². The fraction of sp³-hybridized carbons (Fsp3) is 0.360. The number of nitrogens with zero attached hydrogens (tertiary/aromatic N) is 6. The van der Waals surface area contributed by atoms with Gasteiger partial charge in [-0.1, -0.05) is 6.07 Å². The number of halogens is 1. The van der Waals surface area contributed by atoms with Crippen LogP contribution >= 0.6 is 0 Å². The van der Waals surface area contributed by atoms with E-state index in [1.165, 1.54) is 29.8 Å². The highest BCUT2D eigenvalue weighted by Gasteiger charge is 2.32. The molecule has 2 aliphatic rings. The summed E-state index contributed by atoms with van der Waals surface area (Å²) in [6.45, 7) is 1.52. The summed E-state index contributed by atoms with van der Waals surface area (Å²) in [5, 5.41) is 15.6. The van der Waals surface area contributed by atoms with Gasteiger partial charge in [0, 0.05) is 40.9 Å². The molecular formula is C25H27FN8OS. The number of aryl methyl sites for hydroxylation is 1. The molecule has 0 saturated heterocycles. The van der Waals surface area contributed by atoms with Gasteiger partial charge >= 0.3 is 0 Å². The van der Waals surface area contributed by atoms with Gasteiger partial charge in [-0.05, 0) is 61.6 Å². The van der Waals surface area contributed by atoms with Crippen LogP contribution in [0.5, 0.6) is 0 Å². The lowest BCUT2D eigenvalue weighted by molar-refractivity contribution is 0.261. The molecule has 0 bridgehead atoms. The van der Waals surface area contributed by atoms with Crippen LogP contribution in [-0.4, -0.2) is 50.2 Å². The predicted octanol–water partition coefficient (Wildman–Crippen LogP) is 4.59. The summed E-state index contributed by atoms with van der Waals surface area (Å²) in [5.41, 5.74) is 3.62. The van der Waals surface area contributed by atoms with Crippen molar-refractivity contribution in [3.05, 3.63) is 58.5 Å². The van der Waals surface area contributed by atoms with Crippen molar-refractivity contribution in [2.45, 2.75) is 31.7 Å². The van der Waals surface area contributed by atoms with E-state index in [1.54, 1.807) is 18.2 Å². The first-order chi connectivity index (χ1) is 17.2. The highest BCUT2D eigenvalue weighted by Crippen LogP contribution is 2.42. The second-order valence-corrected chi connectivity index (χ2v) is 12.1. The topological polar surface area (TPSA) is 119 Å². The van der Waals surface area contributed by atoms with Gasteiger partial charge in [-0.15, -0.1) is 0 Å². The molecule has 9 nitrogen and oxygen atoms in total. The van der Waals surface area contributed by atoms with Gasteiger partial charge < -0.3 is 15.5 Å². The van der Waals surface area contributed by atoms with Crippen LogP contribution in [0.2, 0.25) is 0 Å². The predicted molar refractivity (Wildman–Crippen MR) is 138 cm³/mol. The van der Waals surface area contributed by atoms with E-state index in [9.17, 15) is 9.47 Å².